The summed E-state index contributed by atoms with van der Waals surface area (Å²) in [6, 6.07) is 25.2. The Morgan fingerprint density at radius 3 is 1.93 bits per heavy atom. The van der Waals surface area contributed by atoms with Crippen molar-refractivity contribution in [3.63, 3.8) is 0 Å². The third-order valence-corrected chi connectivity index (χ3v) is 5.97. The number of benzene rings is 3. The second-order valence-electron chi connectivity index (χ2n) is 6.47. The fourth-order valence-electron chi connectivity index (χ4n) is 3.63. The molecule has 3 aromatic rings. The van der Waals surface area contributed by atoms with Crippen LogP contribution < -0.4 is 9.80 Å². The molecular formula is C21H14Br2N2O2. The maximum Gasteiger partial charge on any atom is 0.334 e. The number of ether oxygens (including phenoxy) is 1. The van der Waals surface area contributed by atoms with Gasteiger partial charge in [-0.25, -0.2) is 4.79 Å². The Morgan fingerprint density at radius 1 is 0.778 bits per heavy atom. The summed E-state index contributed by atoms with van der Waals surface area (Å²) in [7, 11) is 0. The van der Waals surface area contributed by atoms with Gasteiger partial charge in [0.2, 0.25) is 5.72 Å². The fourth-order valence-corrected chi connectivity index (χ4v) is 4.16. The molecule has 0 bridgehead atoms. The molecule has 4 nitrogen and oxygen atoms in total. The predicted octanol–water partition coefficient (Wildman–Crippen LogP) is 5.87. The van der Waals surface area contributed by atoms with Crippen molar-refractivity contribution >= 4 is 49.3 Å². The molecule has 3 aromatic carbocycles. The first-order valence-electron chi connectivity index (χ1n) is 8.49. The van der Waals surface area contributed by atoms with Crippen molar-refractivity contribution in [3.8, 4) is 0 Å². The van der Waals surface area contributed by atoms with Crippen molar-refractivity contribution in [2.45, 2.75) is 12.0 Å². The quantitative estimate of drug-likeness (QED) is 0.435. The lowest BCUT2D eigenvalue weighted by Crippen LogP contribution is -2.40. The Bertz CT molecular complexity index is 1010. The average Bonchev–Trinajstić information content (AvgIpc) is 3.36. The van der Waals surface area contributed by atoms with Gasteiger partial charge >= 0.3 is 6.03 Å². The molecule has 2 aliphatic rings. The molecule has 0 N–H and O–H groups in total. The monoisotopic (exact) mass is 484 g/mol. The summed E-state index contributed by atoms with van der Waals surface area (Å²) < 4.78 is 8.13. The zero-order valence-corrected chi connectivity index (χ0v) is 17.2. The molecule has 0 aromatic heterocycles. The molecule has 27 heavy (non-hydrogen) atoms. The first-order chi connectivity index (χ1) is 13.1. The molecule has 2 aliphatic heterocycles. The Kier molecular flexibility index (Phi) is 3.89. The smallest absolute Gasteiger partial charge is 0.317 e. The van der Waals surface area contributed by atoms with Crippen LogP contribution >= 0.6 is 31.9 Å². The van der Waals surface area contributed by atoms with E-state index in [9.17, 15) is 4.79 Å². The summed E-state index contributed by atoms with van der Waals surface area (Å²) in [5.74, 6) is 0. The summed E-state index contributed by atoms with van der Waals surface area (Å²) in [4.78, 5) is 16.9. The average molecular weight is 486 g/mol. The van der Waals surface area contributed by atoms with Crippen molar-refractivity contribution in [1.82, 2.24) is 0 Å². The molecule has 2 unspecified atom stereocenters. The van der Waals surface area contributed by atoms with Crippen LogP contribution in [0.4, 0.5) is 16.2 Å². The van der Waals surface area contributed by atoms with E-state index in [4.69, 9.17) is 4.74 Å². The number of epoxide rings is 1. The van der Waals surface area contributed by atoms with Gasteiger partial charge in [0.25, 0.3) is 0 Å². The molecule has 2 saturated heterocycles. The van der Waals surface area contributed by atoms with Gasteiger partial charge in [0, 0.05) is 25.9 Å². The fraction of sp³-hybridized carbons (Fsp3) is 0.0952. The maximum absolute atomic E-state index is 13.4. The lowest BCUT2D eigenvalue weighted by molar-refractivity contribution is 0.224. The minimum absolute atomic E-state index is 0.0975. The molecule has 2 fully saturated rings. The van der Waals surface area contributed by atoms with Gasteiger partial charge < -0.3 is 4.74 Å². The summed E-state index contributed by atoms with van der Waals surface area (Å²) >= 11 is 6.91. The number of nitrogens with zero attached hydrogens (tertiary/aromatic N) is 2. The summed E-state index contributed by atoms with van der Waals surface area (Å²) in [5, 5.41) is 0. The van der Waals surface area contributed by atoms with Gasteiger partial charge in [0.15, 0.2) is 6.23 Å². The zero-order valence-electron chi connectivity index (χ0n) is 14.0. The largest absolute Gasteiger partial charge is 0.334 e. The lowest BCUT2D eigenvalue weighted by Gasteiger charge is -2.27. The molecule has 134 valence electrons. The Hall–Kier alpha value is -2.15. The third kappa shape index (κ3) is 2.55. The zero-order chi connectivity index (χ0) is 18.6. The van der Waals surface area contributed by atoms with E-state index in [1.54, 1.807) is 9.80 Å². The van der Waals surface area contributed by atoms with Crippen molar-refractivity contribution in [2.75, 3.05) is 9.80 Å². The van der Waals surface area contributed by atoms with Crippen LogP contribution in [-0.4, -0.2) is 12.3 Å². The van der Waals surface area contributed by atoms with Crippen LogP contribution in [0.3, 0.4) is 0 Å². The van der Waals surface area contributed by atoms with Crippen molar-refractivity contribution < 1.29 is 9.53 Å². The highest BCUT2D eigenvalue weighted by molar-refractivity contribution is 9.10. The van der Waals surface area contributed by atoms with Crippen molar-refractivity contribution in [1.29, 1.82) is 0 Å². The van der Waals surface area contributed by atoms with Crippen LogP contribution in [0, 0.1) is 0 Å². The summed E-state index contributed by atoms with van der Waals surface area (Å²) in [6.45, 7) is 0. The number of carbonyl (C=O) groups is 1. The van der Waals surface area contributed by atoms with Gasteiger partial charge in [-0.15, -0.1) is 0 Å². The van der Waals surface area contributed by atoms with Crippen LogP contribution in [-0.2, 0) is 10.5 Å². The van der Waals surface area contributed by atoms with Gasteiger partial charge in [-0.2, -0.15) is 0 Å². The van der Waals surface area contributed by atoms with Crippen LogP contribution in [0.2, 0.25) is 0 Å². The first kappa shape index (κ1) is 17.0. The Balaban J connectivity index is 1.64. The summed E-state index contributed by atoms with van der Waals surface area (Å²) in [6.07, 6.45) is -0.364. The second-order valence-corrected chi connectivity index (χ2v) is 8.30. The van der Waals surface area contributed by atoms with Crippen LogP contribution in [0.1, 0.15) is 5.56 Å². The first-order valence-corrected chi connectivity index (χ1v) is 10.1. The molecule has 0 saturated carbocycles. The molecule has 2 amide bonds. The van der Waals surface area contributed by atoms with Crippen LogP contribution in [0.25, 0.3) is 0 Å². The van der Waals surface area contributed by atoms with Gasteiger partial charge in [0.05, 0.1) is 0 Å². The number of amides is 2. The van der Waals surface area contributed by atoms with Crippen molar-refractivity contribution in [3.05, 3.63) is 93.4 Å². The lowest BCUT2D eigenvalue weighted by atomic mass is 10.1. The number of fused-ring (bicyclic) bond motifs is 1. The second kappa shape index (κ2) is 6.19. The molecule has 2 atom stereocenters. The van der Waals surface area contributed by atoms with E-state index in [-0.39, 0.29) is 12.3 Å². The van der Waals surface area contributed by atoms with Gasteiger partial charge in [-0.3, -0.25) is 9.80 Å². The highest BCUT2D eigenvalue weighted by Gasteiger charge is 2.74. The minimum atomic E-state index is -0.806. The Morgan fingerprint density at radius 2 is 1.33 bits per heavy atom. The highest BCUT2D eigenvalue weighted by Crippen LogP contribution is 2.58. The highest BCUT2D eigenvalue weighted by atomic mass is 79.9. The van der Waals surface area contributed by atoms with Crippen molar-refractivity contribution in [2.24, 2.45) is 0 Å². The number of rotatable bonds is 3. The molecular weight excluding hydrogens is 472 g/mol. The van der Waals surface area contributed by atoms with Gasteiger partial charge in [-0.05, 0) is 48.5 Å². The normalized spacial score (nSPS) is 23.5. The van der Waals surface area contributed by atoms with E-state index >= 15 is 0 Å². The number of urea groups is 1. The Labute approximate surface area is 173 Å². The van der Waals surface area contributed by atoms with E-state index in [1.165, 1.54) is 0 Å². The number of hydrogen-bond donors (Lipinski definition) is 0. The minimum Gasteiger partial charge on any atom is -0.317 e. The standard InChI is InChI=1S/C21H14Br2N2O2/c22-15-6-10-17(11-7-15)24-19-21(27-19,14-4-2-1-3-5-14)25(20(24)26)18-12-8-16(23)9-13-18/h1-13,19H. The van der Waals surface area contributed by atoms with E-state index in [0.29, 0.717) is 0 Å². The topological polar surface area (TPSA) is 36.1 Å². The molecule has 6 heteroatoms. The van der Waals surface area contributed by atoms with Crippen LogP contribution in [0.5, 0.6) is 0 Å². The summed E-state index contributed by atoms with van der Waals surface area (Å²) in [5.41, 5.74) is 1.77. The molecule has 0 aliphatic carbocycles. The number of carbonyl (C=O) groups excluding carboxylic acids is 1. The molecule has 2 heterocycles. The van der Waals surface area contributed by atoms with E-state index < -0.39 is 5.72 Å². The molecule has 0 spiro atoms. The van der Waals surface area contributed by atoms with Gasteiger partial charge in [-0.1, -0.05) is 62.2 Å². The molecule has 0 radical (unpaired) electrons. The maximum atomic E-state index is 13.4. The predicted molar refractivity (Wildman–Crippen MR) is 112 cm³/mol. The SMILES string of the molecule is O=C1N(c2ccc(Br)cc2)C2OC2(c2ccccc2)N1c1ccc(Br)cc1. The molecule has 5 rings (SSSR count). The number of halogens is 2. The number of hydrogen-bond acceptors (Lipinski definition) is 2. The van der Waals surface area contributed by atoms with Gasteiger partial charge in [0.1, 0.15) is 0 Å². The third-order valence-electron chi connectivity index (χ3n) is 4.91. The van der Waals surface area contributed by atoms with E-state index in [0.717, 1.165) is 25.9 Å². The van der Waals surface area contributed by atoms with E-state index in [1.807, 2.05) is 78.9 Å². The van der Waals surface area contributed by atoms with E-state index in [2.05, 4.69) is 31.9 Å². The van der Waals surface area contributed by atoms with Crippen LogP contribution in [0.15, 0.2) is 87.8 Å². The number of anilines is 2.